The van der Waals surface area contributed by atoms with Crippen molar-refractivity contribution in [3.8, 4) is 0 Å². The molecule has 0 saturated heterocycles. The van der Waals surface area contributed by atoms with Crippen LogP contribution in [0, 0.1) is 0 Å². The van der Waals surface area contributed by atoms with E-state index in [1.807, 2.05) is 5.38 Å². The zero-order chi connectivity index (χ0) is 9.68. The summed E-state index contributed by atoms with van der Waals surface area (Å²) in [6.45, 7) is 4.31. The Kier molecular flexibility index (Phi) is 4.35. The molecule has 2 atom stereocenters. The zero-order valence-corrected chi connectivity index (χ0v) is 8.84. The van der Waals surface area contributed by atoms with Crippen LogP contribution in [0.4, 0.5) is 0 Å². The van der Waals surface area contributed by atoms with Crippen molar-refractivity contribution in [2.45, 2.75) is 32.4 Å². The van der Waals surface area contributed by atoms with E-state index < -0.39 is 0 Å². The lowest BCUT2D eigenvalue weighted by atomic mass is 10.2. The van der Waals surface area contributed by atoms with Crippen LogP contribution in [0.15, 0.2) is 11.6 Å². The van der Waals surface area contributed by atoms with Gasteiger partial charge in [0.25, 0.3) is 0 Å². The summed E-state index contributed by atoms with van der Waals surface area (Å²) in [5.41, 5.74) is 0. The summed E-state index contributed by atoms with van der Waals surface area (Å²) in [6.07, 6.45) is 2.74. The third kappa shape index (κ3) is 3.06. The van der Waals surface area contributed by atoms with Crippen molar-refractivity contribution in [3.63, 3.8) is 0 Å². The second-order valence-electron chi connectivity index (χ2n) is 3.05. The Balaban J connectivity index is 2.45. The predicted octanol–water partition coefficient (Wildman–Crippen LogP) is 1.56. The second-order valence-corrected chi connectivity index (χ2v) is 3.97. The first kappa shape index (κ1) is 10.6. The molecule has 0 bridgehead atoms. The number of thiazole rings is 1. The molecule has 0 aliphatic heterocycles. The van der Waals surface area contributed by atoms with Crippen molar-refractivity contribution in [2.24, 2.45) is 0 Å². The fourth-order valence-electron chi connectivity index (χ4n) is 1.17. The van der Waals surface area contributed by atoms with Crippen LogP contribution >= 0.6 is 11.3 Å². The smallest absolute Gasteiger partial charge is 0.109 e. The van der Waals surface area contributed by atoms with E-state index in [9.17, 15) is 0 Å². The maximum absolute atomic E-state index is 8.99. The van der Waals surface area contributed by atoms with E-state index in [2.05, 4.69) is 24.1 Å². The molecular formula is C9H16N2OS. The highest BCUT2D eigenvalue weighted by atomic mass is 32.1. The zero-order valence-electron chi connectivity index (χ0n) is 8.03. The standard InChI is InChI=1S/C9H16N2OS/c1-3-8(6-12)11-7(2)9-10-4-5-13-9/h4-5,7-8,11-12H,3,6H2,1-2H3/t7-,8-/m0/s1. The van der Waals surface area contributed by atoms with E-state index in [0.717, 1.165) is 11.4 Å². The Hall–Kier alpha value is -0.450. The fourth-order valence-corrected chi connectivity index (χ4v) is 1.83. The van der Waals surface area contributed by atoms with Gasteiger partial charge in [-0.1, -0.05) is 6.92 Å². The summed E-state index contributed by atoms with van der Waals surface area (Å²) >= 11 is 1.64. The van der Waals surface area contributed by atoms with Crippen LogP contribution in [0.1, 0.15) is 31.3 Å². The number of aliphatic hydroxyl groups is 1. The molecule has 0 aliphatic carbocycles. The van der Waals surface area contributed by atoms with Gasteiger partial charge in [0, 0.05) is 17.6 Å². The summed E-state index contributed by atoms with van der Waals surface area (Å²) < 4.78 is 0. The quantitative estimate of drug-likeness (QED) is 0.758. The second kappa shape index (κ2) is 5.32. The molecule has 4 heteroatoms. The minimum absolute atomic E-state index is 0.180. The summed E-state index contributed by atoms with van der Waals surface area (Å²) in [4.78, 5) is 4.21. The summed E-state index contributed by atoms with van der Waals surface area (Å²) in [5, 5.41) is 15.4. The van der Waals surface area contributed by atoms with Gasteiger partial charge in [0.05, 0.1) is 12.6 Å². The predicted molar refractivity (Wildman–Crippen MR) is 54.8 cm³/mol. The summed E-state index contributed by atoms with van der Waals surface area (Å²) in [5.74, 6) is 0. The molecule has 0 radical (unpaired) electrons. The van der Waals surface area contributed by atoms with Gasteiger partial charge in [-0.05, 0) is 13.3 Å². The van der Waals surface area contributed by atoms with Crippen LogP contribution in [0.5, 0.6) is 0 Å². The molecule has 0 amide bonds. The van der Waals surface area contributed by atoms with Gasteiger partial charge in [-0.2, -0.15) is 0 Å². The lowest BCUT2D eigenvalue weighted by Gasteiger charge is -2.18. The van der Waals surface area contributed by atoms with Gasteiger partial charge in [-0.25, -0.2) is 4.98 Å². The van der Waals surface area contributed by atoms with Crippen LogP contribution in [0.2, 0.25) is 0 Å². The molecule has 1 rings (SSSR count). The highest BCUT2D eigenvalue weighted by Gasteiger charge is 2.12. The lowest BCUT2D eigenvalue weighted by Crippen LogP contribution is -2.33. The SMILES string of the molecule is CC[C@@H](CO)N[C@@H](C)c1nccs1. The molecule has 0 unspecified atom stereocenters. The van der Waals surface area contributed by atoms with E-state index in [4.69, 9.17) is 5.11 Å². The third-order valence-electron chi connectivity index (χ3n) is 2.02. The Morgan fingerprint density at radius 1 is 1.69 bits per heavy atom. The van der Waals surface area contributed by atoms with Gasteiger partial charge >= 0.3 is 0 Å². The molecule has 2 N–H and O–H groups in total. The molecule has 0 spiro atoms. The van der Waals surface area contributed by atoms with E-state index >= 15 is 0 Å². The minimum atomic E-state index is 0.180. The van der Waals surface area contributed by atoms with Crippen LogP contribution in [0.3, 0.4) is 0 Å². The van der Waals surface area contributed by atoms with Crippen molar-refractivity contribution in [3.05, 3.63) is 16.6 Å². The fraction of sp³-hybridized carbons (Fsp3) is 0.667. The lowest BCUT2D eigenvalue weighted by molar-refractivity contribution is 0.230. The van der Waals surface area contributed by atoms with Crippen molar-refractivity contribution < 1.29 is 5.11 Å². The van der Waals surface area contributed by atoms with Crippen LogP contribution in [-0.4, -0.2) is 22.7 Å². The van der Waals surface area contributed by atoms with E-state index in [0.29, 0.717) is 0 Å². The van der Waals surface area contributed by atoms with Gasteiger partial charge < -0.3 is 10.4 Å². The molecule has 3 nitrogen and oxygen atoms in total. The number of hydrogen-bond donors (Lipinski definition) is 2. The number of aromatic nitrogens is 1. The number of rotatable bonds is 5. The van der Waals surface area contributed by atoms with E-state index in [-0.39, 0.29) is 18.7 Å². The monoisotopic (exact) mass is 200 g/mol. The van der Waals surface area contributed by atoms with E-state index in [1.54, 1.807) is 17.5 Å². The van der Waals surface area contributed by atoms with Gasteiger partial charge in [-0.3, -0.25) is 0 Å². The Bertz CT molecular complexity index is 222. The van der Waals surface area contributed by atoms with Crippen molar-refractivity contribution in [1.29, 1.82) is 0 Å². The third-order valence-corrected chi connectivity index (χ3v) is 2.98. The largest absolute Gasteiger partial charge is 0.395 e. The molecule has 0 fully saturated rings. The topological polar surface area (TPSA) is 45.1 Å². The average Bonchev–Trinajstić information content (AvgIpc) is 2.66. The molecule has 1 aromatic heterocycles. The van der Waals surface area contributed by atoms with Crippen LogP contribution < -0.4 is 5.32 Å². The number of nitrogens with zero attached hydrogens (tertiary/aromatic N) is 1. The Morgan fingerprint density at radius 3 is 2.92 bits per heavy atom. The van der Waals surface area contributed by atoms with Gasteiger partial charge in [0.2, 0.25) is 0 Å². The minimum Gasteiger partial charge on any atom is -0.395 e. The van der Waals surface area contributed by atoms with Crippen molar-refractivity contribution in [1.82, 2.24) is 10.3 Å². The van der Waals surface area contributed by atoms with E-state index in [1.165, 1.54) is 0 Å². The highest BCUT2D eigenvalue weighted by Crippen LogP contribution is 2.15. The molecule has 74 valence electrons. The van der Waals surface area contributed by atoms with Gasteiger partial charge in [0.15, 0.2) is 0 Å². The van der Waals surface area contributed by atoms with Gasteiger partial charge in [-0.15, -0.1) is 11.3 Å². The average molecular weight is 200 g/mol. The number of nitrogens with one attached hydrogen (secondary N) is 1. The first-order valence-corrected chi connectivity index (χ1v) is 5.42. The number of hydrogen-bond acceptors (Lipinski definition) is 4. The van der Waals surface area contributed by atoms with Crippen molar-refractivity contribution >= 4 is 11.3 Å². The molecular weight excluding hydrogens is 184 g/mol. The molecule has 13 heavy (non-hydrogen) atoms. The molecule has 0 aromatic carbocycles. The summed E-state index contributed by atoms with van der Waals surface area (Å²) in [6, 6.07) is 0.413. The molecule has 0 aliphatic rings. The Labute approximate surface area is 82.8 Å². The van der Waals surface area contributed by atoms with Crippen LogP contribution in [-0.2, 0) is 0 Å². The highest BCUT2D eigenvalue weighted by molar-refractivity contribution is 7.09. The molecule has 0 saturated carbocycles. The Morgan fingerprint density at radius 2 is 2.46 bits per heavy atom. The van der Waals surface area contributed by atoms with Gasteiger partial charge in [0.1, 0.15) is 5.01 Å². The number of aliphatic hydroxyl groups excluding tert-OH is 1. The molecule has 1 heterocycles. The van der Waals surface area contributed by atoms with Crippen molar-refractivity contribution in [2.75, 3.05) is 6.61 Å². The normalized spacial score (nSPS) is 15.6. The first-order chi connectivity index (χ1) is 6.27. The first-order valence-electron chi connectivity index (χ1n) is 4.54. The molecule has 1 aromatic rings. The summed E-state index contributed by atoms with van der Waals surface area (Å²) in [7, 11) is 0. The maximum Gasteiger partial charge on any atom is 0.109 e. The van der Waals surface area contributed by atoms with Crippen LogP contribution in [0.25, 0.3) is 0 Å². The maximum atomic E-state index is 8.99.